The summed E-state index contributed by atoms with van der Waals surface area (Å²) < 4.78 is 0. The van der Waals surface area contributed by atoms with Crippen LogP contribution in [-0.2, 0) is 5.41 Å². The highest BCUT2D eigenvalue weighted by atomic mass is 32.1. The first-order valence-corrected chi connectivity index (χ1v) is 9.43. The molecule has 1 unspecified atom stereocenters. The summed E-state index contributed by atoms with van der Waals surface area (Å²) in [7, 11) is 0. The van der Waals surface area contributed by atoms with Gasteiger partial charge in [0.1, 0.15) is 0 Å². The van der Waals surface area contributed by atoms with Crippen molar-refractivity contribution in [3.05, 3.63) is 65.4 Å². The molecule has 0 aromatic heterocycles. The highest BCUT2D eigenvalue weighted by Crippen LogP contribution is 2.55. The van der Waals surface area contributed by atoms with Crippen molar-refractivity contribution in [2.24, 2.45) is 0 Å². The molecule has 2 aliphatic rings. The van der Waals surface area contributed by atoms with Gasteiger partial charge in [0, 0.05) is 5.70 Å². The lowest BCUT2D eigenvalue weighted by Gasteiger charge is -2.37. The molecule has 0 bridgehead atoms. The quantitative estimate of drug-likeness (QED) is 0.377. The Kier molecular flexibility index (Phi) is 5.01. The summed E-state index contributed by atoms with van der Waals surface area (Å²) in [5.41, 5.74) is 6.91. The summed E-state index contributed by atoms with van der Waals surface area (Å²) in [5, 5.41) is 3.44. The van der Waals surface area contributed by atoms with Crippen LogP contribution in [0, 0.1) is 0 Å². The monoisotopic (exact) mass is 325 g/mol. The highest BCUT2D eigenvalue weighted by Gasteiger charge is 2.45. The minimum Gasteiger partial charge on any atom is -0.379 e. The average Bonchev–Trinajstić information content (AvgIpc) is 2.87. The van der Waals surface area contributed by atoms with Crippen molar-refractivity contribution in [1.82, 2.24) is 5.32 Å². The van der Waals surface area contributed by atoms with Gasteiger partial charge in [-0.3, -0.25) is 0 Å². The number of allylic oxidation sites excluding steroid dienone is 4. The molecule has 1 N–H and O–H groups in total. The van der Waals surface area contributed by atoms with Gasteiger partial charge in [-0.05, 0) is 41.5 Å². The maximum Gasteiger partial charge on any atom is 0.0578 e. The molecule has 23 heavy (non-hydrogen) atoms. The maximum absolute atomic E-state index is 4.45. The fourth-order valence-electron chi connectivity index (χ4n) is 4.28. The first-order valence-electron chi connectivity index (χ1n) is 8.80. The normalized spacial score (nSPS) is 22.0. The van der Waals surface area contributed by atoms with Crippen molar-refractivity contribution in [2.45, 2.75) is 50.9 Å². The molecule has 0 aliphatic heterocycles. The van der Waals surface area contributed by atoms with Gasteiger partial charge in [0.15, 0.2) is 0 Å². The standard InChI is InChI=1S/C21H27NS/c1-3-4-9-14-21(16(2)22-15-23)19-12-7-5-10-17(19)18-11-6-8-13-20(18)21/h5-7,10-12,22-23H,2-4,8-9,13-15H2,1H3. The highest BCUT2D eigenvalue weighted by molar-refractivity contribution is 7.80. The van der Waals surface area contributed by atoms with Gasteiger partial charge >= 0.3 is 0 Å². The van der Waals surface area contributed by atoms with E-state index in [0.717, 1.165) is 25.0 Å². The van der Waals surface area contributed by atoms with E-state index >= 15 is 0 Å². The lowest BCUT2D eigenvalue weighted by molar-refractivity contribution is 0.472. The van der Waals surface area contributed by atoms with Crippen molar-refractivity contribution in [2.75, 3.05) is 5.88 Å². The summed E-state index contributed by atoms with van der Waals surface area (Å²) in [6.07, 6.45) is 11.8. The summed E-state index contributed by atoms with van der Waals surface area (Å²) in [6, 6.07) is 8.90. The van der Waals surface area contributed by atoms with Crippen LogP contribution < -0.4 is 5.32 Å². The van der Waals surface area contributed by atoms with E-state index in [4.69, 9.17) is 0 Å². The maximum atomic E-state index is 4.45. The Labute approximate surface area is 146 Å². The van der Waals surface area contributed by atoms with E-state index in [9.17, 15) is 0 Å². The molecule has 1 nitrogen and oxygen atoms in total. The molecule has 3 rings (SSSR count). The molecule has 1 atom stereocenters. The van der Waals surface area contributed by atoms with E-state index in [-0.39, 0.29) is 5.41 Å². The van der Waals surface area contributed by atoms with Gasteiger partial charge in [-0.25, -0.2) is 0 Å². The minimum absolute atomic E-state index is 0.0470. The predicted molar refractivity (Wildman–Crippen MR) is 104 cm³/mol. The number of hydrogen-bond acceptors (Lipinski definition) is 2. The molecule has 0 radical (unpaired) electrons. The van der Waals surface area contributed by atoms with Crippen LogP contribution in [0.2, 0.25) is 0 Å². The van der Waals surface area contributed by atoms with Gasteiger partial charge in [-0.15, -0.1) is 0 Å². The lowest BCUT2D eigenvalue weighted by Crippen LogP contribution is -2.36. The summed E-state index contributed by atoms with van der Waals surface area (Å²) in [5.74, 6) is 0.634. The van der Waals surface area contributed by atoms with Gasteiger partial charge in [0.25, 0.3) is 0 Å². The second-order valence-corrected chi connectivity index (χ2v) is 6.87. The molecule has 122 valence electrons. The summed E-state index contributed by atoms with van der Waals surface area (Å²) >= 11 is 4.39. The smallest absolute Gasteiger partial charge is 0.0578 e. The van der Waals surface area contributed by atoms with Crippen LogP contribution in [0.1, 0.15) is 56.6 Å². The zero-order valence-electron chi connectivity index (χ0n) is 14.1. The van der Waals surface area contributed by atoms with Gasteiger partial charge in [0.2, 0.25) is 0 Å². The third-order valence-electron chi connectivity index (χ3n) is 5.33. The molecule has 1 aromatic carbocycles. The first kappa shape index (κ1) is 16.4. The topological polar surface area (TPSA) is 12.0 Å². The van der Waals surface area contributed by atoms with Gasteiger partial charge in [-0.2, -0.15) is 12.6 Å². The van der Waals surface area contributed by atoms with Gasteiger partial charge < -0.3 is 5.32 Å². The summed E-state index contributed by atoms with van der Waals surface area (Å²) in [6.45, 7) is 6.72. The fourth-order valence-corrected chi connectivity index (χ4v) is 4.47. The Morgan fingerprint density at radius 2 is 2.13 bits per heavy atom. The number of fused-ring (bicyclic) bond motifs is 2. The number of hydrogen-bond donors (Lipinski definition) is 2. The summed E-state index contributed by atoms with van der Waals surface area (Å²) in [4.78, 5) is 0. The van der Waals surface area contributed by atoms with E-state index in [0.29, 0.717) is 5.88 Å². The van der Waals surface area contributed by atoms with Crippen LogP contribution in [0.4, 0.5) is 0 Å². The van der Waals surface area contributed by atoms with Crippen molar-refractivity contribution in [3.63, 3.8) is 0 Å². The molecule has 0 fully saturated rings. The lowest BCUT2D eigenvalue weighted by atomic mass is 9.69. The van der Waals surface area contributed by atoms with E-state index in [1.54, 1.807) is 5.57 Å². The van der Waals surface area contributed by atoms with E-state index in [2.05, 4.69) is 67.9 Å². The van der Waals surface area contributed by atoms with Crippen molar-refractivity contribution in [1.29, 1.82) is 0 Å². The first-order chi connectivity index (χ1) is 11.3. The Bertz CT molecular complexity index is 656. The Balaban J connectivity index is 2.13. The Morgan fingerprint density at radius 3 is 2.91 bits per heavy atom. The third-order valence-corrected chi connectivity index (χ3v) is 5.48. The number of unbranched alkanes of at least 4 members (excludes halogenated alkanes) is 2. The van der Waals surface area contributed by atoms with Crippen molar-refractivity contribution in [3.8, 4) is 0 Å². The minimum atomic E-state index is -0.0470. The molecule has 0 saturated carbocycles. The van der Waals surface area contributed by atoms with Crippen LogP contribution in [0.25, 0.3) is 5.57 Å². The zero-order chi connectivity index (χ0) is 16.3. The molecule has 0 amide bonds. The molecule has 1 aromatic rings. The molecule has 0 spiro atoms. The van der Waals surface area contributed by atoms with Crippen LogP contribution in [0.3, 0.4) is 0 Å². The van der Waals surface area contributed by atoms with Gasteiger partial charge in [-0.1, -0.05) is 69.2 Å². The van der Waals surface area contributed by atoms with Crippen molar-refractivity contribution < 1.29 is 0 Å². The van der Waals surface area contributed by atoms with E-state index < -0.39 is 0 Å². The van der Waals surface area contributed by atoms with Crippen LogP contribution in [0.15, 0.2) is 54.3 Å². The average molecular weight is 326 g/mol. The number of rotatable bonds is 7. The van der Waals surface area contributed by atoms with E-state index in [1.807, 2.05) is 0 Å². The molecule has 2 aliphatic carbocycles. The number of benzene rings is 1. The van der Waals surface area contributed by atoms with E-state index in [1.165, 1.54) is 36.0 Å². The molecule has 2 heteroatoms. The Hall–Kier alpha value is -1.41. The fraction of sp³-hybridized carbons (Fsp3) is 0.429. The zero-order valence-corrected chi connectivity index (χ0v) is 15.0. The molecular weight excluding hydrogens is 298 g/mol. The Morgan fingerprint density at radius 1 is 1.30 bits per heavy atom. The predicted octanol–water partition coefficient (Wildman–Crippen LogP) is 5.61. The van der Waals surface area contributed by atoms with Crippen molar-refractivity contribution >= 4 is 18.2 Å². The van der Waals surface area contributed by atoms with Crippen LogP contribution >= 0.6 is 12.6 Å². The second-order valence-electron chi connectivity index (χ2n) is 6.55. The van der Waals surface area contributed by atoms with Crippen LogP contribution in [0.5, 0.6) is 0 Å². The second kappa shape index (κ2) is 7.00. The van der Waals surface area contributed by atoms with Crippen LogP contribution in [-0.4, -0.2) is 5.88 Å². The largest absolute Gasteiger partial charge is 0.379 e. The number of thiol groups is 1. The molecule has 0 heterocycles. The molecular formula is C21H27NS. The molecule has 0 saturated heterocycles. The van der Waals surface area contributed by atoms with Gasteiger partial charge in [0.05, 0.1) is 11.3 Å². The third kappa shape index (κ3) is 2.67. The number of nitrogens with one attached hydrogen (secondary N) is 1. The SMILES string of the molecule is C=C(NCS)C1(CCCCC)C2=C(C=CCC2)c2ccccc21.